The fourth-order valence-corrected chi connectivity index (χ4v) is 2.39. The monoisotopic (exact) mass is 285 g/mol. The molecule has 0 spiro atoms. The highest BCUT2D eigenvalue weighted by atomic mass is 19.3. The third kappa shape index (κ3) is 4.72. The van der Waals surface area contributed by atoms with Crippen LogP contribution in [0.4, 0.5) is 8.78 Å². The summed E-state index contributed by atoms with van der Waals surface area (Å²) < 4.78 is 34.0. The van der Waals surface area contributed by atoms with Crippen molar-refractivity contribution in [3.05, 3.63) is 29.8 Å². The minimum atomic E-state index is -2.78. The number of rotatable bonds is 7. The van der Waals surface area contributed by atoms with Gasteiger partial charge in [0.1, 0.15) is 5.75 Å². The van der Waals surface area contributed by atoms with Gasteiger partial charge in [-0.15, -0.1) is 0 Å². The van der Waals surface area contributed by atoms with E-state index in [1.807, 2.05) is 0 Å². The van der Waals surface area contributed by atoms with Gasteiger partial charge in [-0.1, -0.05) is 12.1 Å². The van der Waals surface area contributed by atoms with Crippen molar-refractivity contribution >= 4 is 0 Å². The second-order valence-electron chi connectivity index (χ2n) is 5.05. The number of alkyl halides is 2. The first kappa shape index (κ1) is 15.2. The van der Waals surface area contributed by atoms with E-state index in [2.05, 4.69) is 17.0 Å². The lowest BCUT2D eigenvalue weighted by atomic mass is 10.1. The van der Waals surface area contributed by atoms with Crippen molar-refractivity contribution in [1.82, 2.24) is 5.32 Å². The van der Waals surface area contributed by atoms with Crippen molar-refractivity contribution < 1.29 is 18.3 Å². The van der Waals surface area contributed by atoms with Gasteiger partial charge in [0, 0.05) is 12.6 Å². The van der Waals surface area contributed by atoms with Crippen molar-refractivity contribution in [3.8, 4) is 5.75 Å². The molecule has 0 aliphatic carbocycles. The topological polar surface area (TPSA) is 30.5 Å². The summed E-state index contributed by atoms with van der Waals surface area (Å²) in [6.07, 6.45) is 3.70. The van der Waals surface area contributed by atoms with Crippen LogP contribution < -0.4 is 10.1 Å². The zero-order valence-corrected chi connectivity index (χ0v) is 11.6. The van der Waals surface area contributed by atoms with Crippen LogP contribution in [0.5, 0.6) is 5.75 Å². The van der Waals surface area contributed by atoms with Gasteiger partial charge in [-0.05, 0) is 50.4 Å². The van der Waals surface area contributed by atoms with Crippen LogP contribution in [0.1, 0.15) is 37.8 Å². The lowest BCUT2D eigenvalue weighted by Gasteiger charge is -2.16. The van der Waals surface area contributed by atoms with E-state index in [9.17, 15) is 8.78 Å². The van der Waals surface area contributed by atoms with Gasteiger partial charge in [-0.3, -0.25) is 0 Å². The molecule has 0 amide bonds. The first-order valence-corrected chi connectivity index (χ1v) is 7.05. The first-order valence-electron chi connectivity index (χ1n) is 7.05. The molecule has 1 heterocycles. The van der Waals surface area contributed by atoms with E-state index >= 15 is 0 Å². The van der Waals surface area contributed by atoms with Gasteiger partial charge >= 0.3 is 6.61 Å². The van der Waals surface area contributed by atoms with Crippen molar-refractivity contribution in [1.29, 1.82) is 0 Å². The highest BCUT2D eigenvalue weighted by molar-refractivity contribution is 5.28. The van der Waals surface area contributed by atoms with Gasteiger partial charge in [0.2, 0.25) is 0 Å². The van der Waals surface area contributed by atoms with E-state index in [-0.39, 0.29) is 11.8 Å². The number of ether oxygens (including phenoxy) is 2. The SMILES string of the molecule is CC(NCCC1CCCO1)c1ccc(OC(F)F)cc1. The molecule has 112 valence electrons. The molecule has 0 radical (unpaired) electrons. The second-order valence-corrected chi connectivity index (χ2v) is 5.05. The summed E-state index contributed by atoms with van der Waals surface area (Å²) in [5.74, 6) is 0.190. The molecule has 1 aliphatic heterocycles. The average Bonchev–Trinajstić information content (AvgIpc) is 2.92. The lowest BCUT2D eigenvalue weighted by molar-refractivity contribution is -0.0498. The van der Waals surface area contributed by atoms with Crippen LogP contribution in [-0.4, -0.2) is 25.9 Å². The molecule has 2 rings (SSSR count). The van der Waals surface area contributed by atoms with E-state index in [4.69, 9.17) is 4.74 Å². The Labute approximate surface area is 118 Å². The Hall–Kier alpha value is -1.20. The van der Waals surface area contributed by atoms with E-state index in [1.54, 1.807) is 24.3 Å². The molecule has 5 heteroatoms. The molecular formula is C15H21F2NO2. The van der Waals surface area contributed by atoms with Gasteiger partial charge in [0.15, 0.2) is 0 Å². The maximum atomic E-state index is 12.0. The summed E-state index contributed by atoms with van der Waals surface area (Å²) in [6.45, 7) is 1.05. The molecule has 1 aromatic rings. The fraction of sp³-hybridized carbons (Fsp3) is 0.600. The number of halogens is 2. The summed E-state index contributed by atoms with van der Waals surface area (Å²) in [4.78, 5) is 0. The van der Waals surface area contributed by atoms with Gasteiger partial charge in [-0.25, -0.2) is 0 Å². The number of nitrogens with one attached hydrogen (secondary N) is 1. The van der Waals surface area contributed by atoms with E-state index in [0.29, 0.717) is 6.10 Å². The minimum absolute atomic E-state index is 0.178. The molecule has 0 aromatic heterocycles. The Balaban J connectivity index is 1.75. The van der Waals surface area contributed by atoms with Crippen LogP contribution in [0.3, 0.4) is 0 Å². The number of hydrogen-bond donors (Lipinski definition) is 1. The standard InChI is InChI=1S/C15H21F2NO2/c1-11(18-9-8-13-3-2-10-19-13)12-4-6-14(7-5-12)20-15(16)17/h4-7,11,13,15,18H,2-3,8-10H2,1H3. The van der Waals surface area contributed by atoms with Crippen LogP contribution in [0.25, 0.3) is 0 Å². The zero-order valence-electron chi connectivity index (χ0n) is 11.6. The zero-order chi connectivity index (χ0) is 14.4. The van der Waals surface area contributed by atoms with Crippen molar-refractivity contribution in [2.45, 2.75) is 44.9 Å². The predicted octanol–water partition coefficient (Wildman–Crippen LogP) is 3.51. The molecule has 0 saturated carbocycles. The molecule has 20 heavy (non-hydrogen) atoms. The molecule has 2 atom stereocenters. The summed E-state index contributed by atoms with van der Waals surface area (Å²) in [5, 5.41) is 3.42. The maximum Gasteiger partial charge on any atom is 0.387 e. The van der Waals surface area contributed by atoms with Crippen molar-refractivity contribution in [2.75, 3.05) is 13.2 Å². The van der Waals surface area contributed by atoms with E-state index < -0.39 is 6.61 Å². The fourth-order valence-electron chi connectivity index (χ4n) is 2.39. The summed E-state index contributed by atoms with van der Waals surface area (Å²) in [5.41, 5.74) is 1.05. The molecule has 1 aliphatic rings. The molecule has 3 nitrogen and oxygen atoms in total. The predicted molar refractivity (Wildman–Crippen MR) is 73.1 cm³/mol. The number of hydrogen-bond acceptors (Lipinski definition) is 3. The molecular weight excluding hydrogens is 264 g/mol. The summed E-state index contributed by atoms with van der Waals surface area (Å²) in [7, 11) is 0. The average molecular weight is 285 g/mol. The second kappa shape index (κ2) is 7.55. The minimum Gasteiger partial charge on any atom is -0.435 e. The Morgan fingerprint density at radius 1 is 1.35 bits per heavy atom. The molecule has 2 unspecified atom stereocenters. The van der Waals surface area contributed by atoms with Crippen LogP contribution >= 0.6 is 0 Å². The third-order valence-electron chi connectivity index (χ3n) is 3.55. The van der Waals surface area contributed by atoms with Crippen molar-refractivity contribution in [2.24, 2.45) is 0 Å². The van der Waals surface area contributed by atoms with Crippen LogP contribution in [0.2, 0.25) is 0 Å². The molecule has 1 N–H and O–H groups in total. The Bertz CT molecular complexity index is 391. The highest BCUT2D eigenvalue weighted by Gasteiger charge is 2.15. The third-order valence-corrected chi connectivity index (χ3v) is 3.55. The summed E-state index contributed by atoms with van der Waals surface area (Å²) in [6, 6.07) is 6.93. The number of benzene rings is 1. The van der Waals surface area contributed by atoms with Crippen LogP contribution in [-0.2, 0) is 4.74 Å². The van der Waals surface area contributed by atoms with Crippen molar-refractivity contribution in [3.63, 3.8) is 0 Å². The molecule has 1 aromatic carbocycles. The van der Waals surface area contributed by atoms with Gasteiger partial charge < -0.3 is 14.8 Å². The first-order chi connectivity index (χ1) is 9.65. The molecule has 1 fully saturated rings. The van der Waals surface area contributed by atoms with E-state index in [0.717, 1.165) is 38.0 Å². The highest BCUT2D eigenvalue weighted by Crippen LogP contribution is 2.20. The lowest BCUT2D eigenvalue weighted by Crippen LogP contribution is -2.23. The normalized spacial score (nSPS) is 20.3. The molecule has 0 bridgehead atoms. The van der Waals surface area contributed by atoms with Gasteiger partial charge in [-0.2, -0.15) is 8.78 Å². The Morgan fingerprint density at radius 3 is 2.70 bits per heavy atom. The maximum absolute atomic E-state index is 12.0. The van der Waals surface area contributed by atoms with Crippen LogP contribution in [0, 0.1) is 0 Å². The Morgan fingerprint density at radius 2 is 2.10 bits per heavy atom. The van der Waals surface area contributed by atoms with Gasteiger partial charge in [0.05, 0.1) is 6.10 Å². The van der Waals surface area contributed by atoms with Crippen LogP contribution in [0.15, 0.2) is 24.3 Å². The van der Waals surface area contributed by atoms with Gasteiger partial charge in [0.25, 0.3) is 0 Å². The largest absolute Gasteiger partial charge is 0.435 e. The quantitative estimate of drug-likeness (QED) is 0.831. The molecule has 1 saturated heterocycles. The van der Waals surface area contributed by atoms with E-state index in [1.165, 1.54) is 0 Å². The summed E-state index contributed by atoms with van der Waals surface area (Å²) >= 11 is 0. The Kier molecular flexibility index (Phi) is 5.73. The smallest absolute Gasteiger partial charge is 0.387 e.